The number of aromatic amines is 1. The predicted molar refractivity (Wildman–Crippen MR) is 66.1 cm³/mol. The maximum absolute atomic E-state index is 11.8. The van der Waals surface area contributed by atoms with E-state index in [-0.39, 0.29) is 5.91 Å². The highest BCUT2D eigenvalue weighted by atomic mass is 35.5. The second kappa shape index (κ2) is 4.58. The van der Waals surface area contributed by atoms with E-state index < -0.39 is 0 Å². The minimum atomic E-state index is -0.102. The van der Waals surface area contributed by atoms with Crippen molar-refractivity contribution in [1.29, 1.82) is 0 Å². The number of rotatable bonds is 3. The van der Waals surface area contributed by atoms with Crippen LogP contribution in [0.2, 0.25) is 0 Å². The molecule has 0 saturated carbocycles. The third-order valence-electron chi connectivity index (χ3n) is 2.57. The summed E-state index contributed by atoms with van der Waals surface area (Å²) < 4.78 is 0. The van der Waals surface area contributed by atoms with Gasteiger partial charge in [-0.05, 0) is 18.6 Å². The van der Waals surface area contributed by atoms with E-state index in [1.807, 2.05) is 31.2 Å². The van der Waals surface area contributed by atoms with Crippen LogP contribution in [0.5, 0.6) is 0 Å². The average Bonchev–Trinajstić information content (AvgIpc) is 2.64. The van der Waals surface area contributed by atoms with Crippen LogP contribution in [-0.2, 0) is 0 Å². The topological polar surface area (TPSA) is 44.9 Å². The van der Waals surface area contributed by atoms with Gasteiger partial charge in [0.05, 0.1) is 0 Å². The molecule has 0 radical (unpaired) electrons. The molecule has 0 fully saturated rings. The molecule has 0 aliphatic heterocycles. The summed E-state index contributed by atoms with van der Waals surface area (Å²) in [6.07, 6.45) is 0. The summed E-state index contributed by atoms with van der Waals surface area (Å²) in [4.78, 5) is 14.9. The van der Waals surface area contributed by atoms with Crippen LogP contribution < -0.4 is 5.32 Å². The number of hydrogen-bond donors (Lipinski definition) is 2. The molecule has 0 unspecified atom stereocenters. The van der Waals surface area contributed by atoms with Crippen LogP contribution in [0.15, 0.2) is 24.3 Å². The zero-order valence-electron chi connectivity index (χ0n) is 9.01. The van der Waals surface area contributed by atoms with E-state index in [1.54, 1.807) is 0 Å². The normalized spacial score (nSPS) is 10.6. The van der Waals surface area contributed by atoms with Gasteiger partial charge < -0.3 is 10.3 Å². The summed E-state index contributed by atoms with van der Waals surface area (Å²) in [6.45, 7) is 2.42. The van der Waals surface area contributed by atoms with Crippen molar-refractivity contribution in [2.75, 3.05) is 12.4 Å². The monoisotopic (exact) mass is 236 g/mol. The standard InChI is InChI=1S/C12H13ClN2O/c1-8-9-4-2-3-5-10(9)15-11(8)12(16)14-7-6-13/h2-5,15H,6-7H2,1H3,(H,14,16). The van der Waals surface area contributed by atoms with Gasteiger partial charge in [-0.15, -0.1) is 11.6 Å². The first-order valence-corrected chi connectivity index (χ1v) is 5.69. The molecule has 1 amide bonds. The van der Waals surface area contributed by atoms with Gasteiger partial charge in [0.15, 0.2) is 0 Å². The Labute approximate surface area is 98.8 Å². The maximum atomic E-state index is 11.8. The molecular weight excluding hydrogens is 224 g/mol. The van der Waals surface area contributed by atoms with E-state index in [2.05, 4.69) is 10.3 Å². The summed E-state index contributed by atoms with van der Waals surface area (Å²) in [5.74, 6) is 0.319. The molecule has 1 aromatic heterocycles. The molecule has 0 aliphatic rings. The zero-order valence-corrected chi connectivity index (χ0v) is 9.77. The maximum Gasteiger partial charge on any atom is 0.268 e. The van der Waals surface area contributed by atoms with E-state index in [1.165, 1.54) is 0 Å². The highest BCUT2D eigenvalue weighted by molar-refractivity contribution is 6.18. The molecule has 0 atom stereocenters. The van der Waals surface area contributed by atoms with Crippen molar-refractivity contribution in [3.63, 3.8) is 0 Å². The fourth-order valence-corrected chi connectivity index (χ4v) is 1.85. The Morgan fingerprint density at radius 2 is 2.19 bits per heavy atom. The van der Waals surface area contributed by atoms with Gasteiger partial charge in [-0.1, -0.05) is 18.2 Å². The van der Waals surface area contributed by atoms with Crippen molar-refractivity contribution >= 4 is 28.4 Å². The Kier molecular flexibility index (Phi) is 3.15. The number of carbonyl (C=O) groups excluding carboxylic acids is 1. The number of H-pyrrole nitrogens is 1. The number of fused-ring (bicyclic) bond motifs is 1. The van der Waals surface area contributed by atoms with Gasteiger partial charge in [0, 0.05) is 23.3 Å². The molecule has 4 heteroatoms. The fraction of sp³-hybridized carbons (Fsp3) is 0.250. The molecule has 16 heavy (non-hydrogen) atoms. The second-order valence-corrected chi connectivity index (χ2v) is 3.99. The van der Waals surface area contributed by atoms with Gasteiger partial charge >= 0.3 is 0 Å². The minimum absolute atomic E-state index is 0.102. The summed E-state index contributed by atoms with van der Waals surface area (Å²) in [5.41, 5.74) is 2.57. The number of aryl methyl sites for hydroxylation is 1. The van der Waals surface area contributed by atoms with Crippen molar-refractivity contribution in [2.45, 2.75) is 6.92 Å². The minimum Gasteiger partial charge on any atom is -0.350 e. The van der Waals surface area contributed by atoms with Crippen LogP contribution in [0.1, 0.15) is 16.1 Å². The van der Waals surface area contributed by atoms with Gasteiger partial charge in [0.2, 0.25) is 0 Å². The Bertz CT molecular complexity index is 519. The lowest BCUT2D eigenvalue weighted by molar-refractivity contribution is 0.0951. The molecule has 84 valence electrons. The van der Waals surface area contributed by atoms with Crippen molar-refractivity contribution < 1.29 is 4.79 Å². The molecule has 2 N–H and O–H groups in total. The Balaban J connectivity index is 2.37. The predicted octanol–water partition coefficient (Wildman–Crippen LogP) is 2.44. The number of amides is 1. The number of nitrogens with one attached hydrogen (secondary N) is 2. The highest BCUT2D eigenvalue weighted by Crippen LogP contribution is 2.20. The summed E-state index contributed by atoms with van der Waals surface area (Å²) in [6, 6.07) is 7.86. The Morgan fingerprint density at radius 1 is 1.44 bits per heavy atom. The Morgan fingerprint density at radius 3 is 2.88 bits per heavy atom. The molecular formula is C12H13ClN2O. The van der Waals surface area contributed by atoms with Crippen molar-refractivity contribution in [3.05, 3.63) is 35.5 Å². The van der Waals surface area contributed by atoms with Gasteiger partial charge in [-0.3, -0.25) is 4.79 Å². The van der Waals surface area contributed by atoms with Crippen molar-refractivity contribution in [3.8, 4) is 0 Å². The highest BCUT2D eigenvalue weighted by Gasteiger charge is 2.13. The molecule has 2 aromatic rings. The molecule has 2 rings (SSSR count). The van der Waals surface area contributed by atoms with E-state index >= 15 is 0 Å². The number of hydrogen-bond acceptors (Lipinski definition) is 1. The molecule has 0 bridgehead atoms. The largest absolute Gasteiger partial charge is 0.350 e. The molecule has 3 nitrogen and oxygen atoms in total. The van der Waals surface area contributed by atoms with Gasteiger partial charge in [-0.2, -0.15) is 0 Å². The first-order valence-electron chi connectivity index (χ1n) is 5.15. The van der Waals surface area contributed by atoms with E-state index in [0.29, 0.717) is 18.1 Å². The number of aromatic nitrogens is 1. The number of para-hydroxylation sites is 1. The van der Waals surface area contributed by atoms with E-state index in [9.17, 15) is 4.79 Å². The first-order chi connectivity index (χ1) is 7.74. The molecule has 0 aliphatic carbocycles. The fourth-order valence-electron chi connectivity index (χ4n) is 1.76. The molecule has 0 saturated heterocycles. The summed E-state index contributed by atoms with van der Waals surface area (Å²) in [7, 11) is 0. The number of halogens is 1. The van der Waals surface area contributed by atoms with Gasteiger partial charge in [0.1, 0.15) is 5.69 Å². The molecule has 1 heterocycles. The van der Waals surface area contributed by atoms with Crippen molar-refractivity contribution in [2.24, 2.45) is 0 Å². The van der Waals surface area contributed by atoms with E-state index in [4.69, 9.17) is 11.6 Å². The zero-order chi connectivity index (χ0) is 11.5. The van der Waals surface area contributed by atoms with Crippen LogP contribution in [0.4, 0.5) is 0 Å². The van der Waals surface area contributed by atoms with Gasteiger partial charge in [-0.25, -0.2) is 0 Å². The van der Waals surface area contributed by atoms with Crippen LogP contribution in [0.25, 0.3) is 10.9 Å². The summed E-state index contributed by atoms with van der Waals surface area (Å²) in [5, 5.41) is 3.83. The Hall–Kier alpha value is -1.48. The third kappa shape index (κ3) is 1.91. The first kappa shape index (κ1) is 11.0. The lowest BCUT2D eigenvalue weighted by Crippen LogP contribution is -2.26. The lowest BCUT2D eigenvalue weighted by atomic mass is 10.1. The summed E-state index contributed by atoms with van der Waals surface area (Å²) >= 11 is 5.53. The number of benzene rings is 1. The quantitative estimate of drug-likeness (QED) is 0.790. The average molecular weight is 237 g/mol. The lowest BCUT2D eigenvalue weighted by Gasteiger charge is -2.01. The van der Waals surface area contributed by atoms with Gasteiger partial charge in [0.25, 0.3) is 5.91 Å². The number of carbonyl (C=O) groups is 1. The van der Waals surface area contributed by atoms with Crippen molar-refractivity contribution in [1.82, 2.24) is 10.3 Å². The van der Waals surface area contributed by atoms with Crippen LogP contribution in [0, 0.1) is 6.92 Å². The number of alkyl halides is 1. The van der Waals surface area contributed by atoms with E-state index in [0.717, 1.165) is 16.5 Å². The SMILES string of the molecule is Cc1c(C(=O)NCCCl)[nH]c2ccccc12. The second-order valence-electron chi connectivity index (χ2n) is 3.62. The van der Waals surface area contributed by atoms with Crippen LogP contribution in [0.3, 0.4) is 0 Å². The smallest absolute Gasteiger partial charge is 0.268 e. The van der Waals surface area contributed by atoms with Crippen LogP contribution >= 0.6 is 11.6 Å². The molecule has 1 aromatic carbocycles. The molecule has 0 spiro atoms. The third-order valence-corrected chi connectivity index (χ3v) is 2.76. The van der Waals surface area contributed by atoms with Crippen LogP contribution in [-0.4, -0.2) is 23.3 Å².